The normalized spacial score (nSPS) is 19.7. The van der Waals surface area contributed by atoms with Crippen LogP contribution in [0.4, 0.5) is 0 Å². The van der Waals surface area contributed by atoms with Gasteiger partial charge in [0.25, 0.3) is 5.91 Å². The molecule has 0 aromatic heterocycles. The average molecular weight is 360 g/mol. The summed E-state index contributed by atoms with van der Waals surface area (Å²) in [6, 6.07) is 7.01. The van der Waals surface area contributed by atoms with Crippen LogP contribution in [0.2, 0.25) is 5.02 Å². The van der Waals surface area contributed by atoms with Gasteiger partial charge >= 0.3 is 0 Å². The minimum atomic E-state index is -0.238. The Kier molecular flexibility index (Phi) is 8.37. The van der Waals surface area contributed by atoms with Crippen LogP contribution in [0.1, 0.15) is 36.0 Å². The molecule has 1 aliphatic carbocycles. The highest BCUT2D eigenvalue weighted by molar-refractivity contribution is 6.33. The van der Waals surface area contributed by atoms with Crippen molar-refractivity contribution in [3.05, 3.63) is 34.9 Å². The Morgan fingerprint density at radius 2 is 1.87 bits per heavy atom. The Bertz CT molecular complexity index is 540. The monoisotopic (exact) mass is 359 g/mol. The first kappa shape index (κ1) is 19.7. The lowest BCUT2D eigenvalue weighted by Crippen LogP contribution is -2.36. The number of nitrogens with one attached hydrogen (secondary N) is 2. The van der Waals surface area contributed by atoms with Crippen LogP contribution in [0.5, 0.6) is 0 Å². The molecule has 0 heterocycles. The molecule has 1 aromatic carbocycles. The zero-order valence-electron chi connectivity index (χ0n) is 12.9. The minimum Gasteiger partial charge on any atom is -0.354 e. The van der Waals surface area contributed by atoms with Crippen molar-refractivity contribution < 1.29 is 9.59 Å². The lowest BCUT2D eigenvalue weighted by molar-refractivity contribution is -0.122. The van der Waals surface area contributed by atoms with Crippen LogP contribution in [0, 0.1) is 5.92 Å². The second kappa shape index (κ2) is 9.75. The molecule has 0 bridgehead atoms. The summed E-state index contributed by atoms with van der Waals surface area (Å²) in [6.07, 6.45) is 3.61. The number of halogens is 2. The minimum absolute atomic E-state index is 0. The first-order valence-corrected chi connectivity index (χ1v) is 8.00. The third kappa shape index (κ3) is 6.01. The van der Waals surface area contributed by atoms with Gasteiger partial charge in [-0.3, -0.25) is 9.59 Å². The molecule has 1 fully saturated rings. The number of hydrogen-bond donors (Lipinski definition) is 3. The molecule has 5 nitrogen and oxygen atoms in total. The molecule has 2 rings (SSSR count). The molecule has 2 amide bonds. The highest BCUT2D eigenvalue weighted by Gasteiger charge is 2.25. The van der Waals surface area contributed by atoms with Gasteiger partial charge in [-0.25, -0.2) is 0 Å². The Labute approximate surface area is 147 Å². The highest BCUT2D eigenvalue weighted by atomic mass is 35.5. The van der Waals surface area contributed by atoms with Gasteiger partial charge in [-0.1, -0.05) is 30.2 Å². The summed E-state index contributed by atoms with van der Waals surface area (Å²) in [5, 5.41) is 5.96. The smallest absolute Gasteiger partial charge is 0.252 e. The summed E-state index contributed by atoms with van der Waals surface area (Å²) in [7, 11) is 0. The standard InChI is InChI=1S/C16H22ClN3O2.ClH/c17-13-6-2-1-5-12(13)16(22)20-9-8-19-15(21)10-11-4-3-7-14(11)18;/h1-2,5-6,11,14H,3-4,7-10,18H2,(H,19,21)(H,20,22);1H/t11-,14+;/m0./s1. The summed E-state index contributed by atoms with van der Waals surface area (Å²) in [5.74, 6) is 0.0460. The van der Waals surface area contributed by atoms with Crippen molar-refractivity contribution in [2.24, 2.45) is 11.7 Å². The Hall–Kier alpha value is -1.30. The van der Waals surface area contributed by atoms with Crippen LogP contribution in [-0.4, -0.2) is 30.9 Å². The van der Waals surface area contributed by atoms with Gasteiger partial charge in [-0.05, 0) is 30.9 Å². The predicted octanol–water partition coefficient (Wildman–Crippen LogP) is 2.13. The van der Waals surface area contributed by atoms with Crippen molar-refractivity contribution in [1.29, 1.82) is 0 Å². The third-order valence-electron chi connectivity index (χ3n) is 4.02. The molecule has 128 valence electrons. The number of carbonyl (C=O) groups is 2. The molecule has 23 heavy (non-hydrogen) atoms. The summed E-state index contributed by atoms with van der Waals surface area (Å²) in [5.41, 5.74) is 6.39. The van der Waals surface area contributed by atoms with Crippen LogP contribution < -0.4 is 16.4 Å². The van der Waals surface area contributed by atoms with Crippen molar-refractivity contribution in [3.63, 3.8) is 0 Å². The SMILES string of the molecule is Cl.N[C@@H]1CCC[C@H]1CC(=O)NCCNC(=O)c1ccccc1Cl. The molecule has 0 spiro atoms. The van der Waals surface area contributed by atoms with Crippen LogP contribution in [-0.2, 0) is 4.79 Å². The second-order valence-electron chi connectivity index (χ2n) is 5.64. The first-order valence-electron chi connectivity index (χ1n) is 7.63. The van der Waals surface area contributed by atoms with Crippen molar-refractivity contribution in [3.8, 4) is 0 Å². The molecule has 2 atom stereocenters. The van der Waals surface area contributed by atoms with Gasteiger partial charge in [-0.2, -0.15) is 0 Å². The Morgan fingerprint density at radius 3 is 2.52 bits per heavy atom. The van der Waals surface area contributed by atoms with E-state index in [0.717, 1.165) is 19.3 Å². The van der Waals surface area contributed by atoms with E-state index in [1.807, 2.05) is 0 Å². The fourth-order valence-electron chi connectivity index (χ4n) is 2.75. The van der Waals surface area contributed by atoms with E-state index in [-0.39, 0.29) is 36.2 Å². The van der Waals surface area contributed by atoms with Gasteiger partial charge in [-0.15, -0.1) is 12.4 Å². The van der Waals surface area contributed by atoms with E-state index in [1.165, 1.54) is 0 Å². The van der Waals surface area contributed by atoms with Crippen molar-refractivity contribution in [2.75, 3.05) is 13.1 Å². The Morgan fingerprint density at radius 1 is 1.17 bits per heavy atom. The summed E-state index contributed by atoms with van der Waals surface area (Å²) >= 11 is 5.95. The lowest BCUT2D eigenvalue weighted by atomic mass is 10.00. The molecule has 4 N–H and O–H groups in total. The summed E-state index contributed by atoms with van der Waals surface area (Å²) in [4.78, 5) is 23.7. The Balaban J connectivity index is 0.00000264. The van der Waals surface area contributed by atoms with E-state index in [2.05, 4.69) is 10.6 Å². The van der Waals surface area contributed by atoms with Crippen molar-refractivity contribution >= 4 is 35.8 Å². The van der Waals surface area contributed by atoms with Crippen LogP contribution in [0.3, 0.4) is 0 Å². The highest BCUT2D eigenvalue weighted by Crippen LogP contribution is 2.26. The van der Waals surface area contributed by atoms with Gasteiger partial charge in [0.15, 0.2) is 0 Å². The fraction of sp³-hybridized carbons (Fsp3) is 0.500. The van der Waals surface area contributed by atoms with Gasteiger partial charge in [0.05, 0.1) is 10.6 Å². The fourth-order valence-corrected chi connectivity index (χ4v) is 2.97. The largest absolute Gasteiger partial charge is 0.354 e. The molecular formula is C16H23Cl2N3O2. The number of carbonyl (C=O) groups excluding carboxylic acids is 2. The van der Waals surface area contributed by atoms with E-state index < -0.39 is 0 Å². The number of rotatable bonds is 6. The van der Waals surface area contributed by atoms with Gasteiger partial charge in [0.2, 0.25) is 5.91 Å². The van der Waals surface area contributed by atoms with Crippen molar-refractivity contribution in [1.82, 2.24) is 10.6 Å². The molecule has 0 unspecified atom stereocenters. The summed E-state index contributed by atoms with van der Waals surface area (Å²) in [6.45, 7) is 0.767. The van der Waals surface area contributed by atoms with E-state index in [0.29, 0.717) is 30.1 Å². The lowest BCUT2D eigenvalue weighted by Gasteiger charge is -2.14. The molecule has 0 aliphatic heterocycles. The zero-order valence-corrected chi connectivity index (χ0v) is 14.5. The van der Waals surface area contributed by atoms with Gasteiger partial charge in [0, 0.05) is 25.6 Å². The molecule has 1 aromatic rings. The molecular weight excluding hydrogens is 337 g/mol. The number of hydrogen-bond acceptors (Lipinski definition) is 3. The zero-order chi connectivity index (χ0) is 15.9. The molecule has 0 saturated heterocycles. The van der Waals surface area contributed by atoms with Crippen molar-refractivity contribution in [2.45, 2.75) is 31.7 Å². The van der Waals surface area contributed by atoms with Gasteiger partial charge < -0.3 is 16.4 Å². The van der Waals surface area contributed by atoms with Gasteiger partial charge in [0.1, 0.15) is 0 Å². The van der Waals surface area contributed by atoms with E-state index >= 15 is 0 Å². The third-order valence-corrected chi connectivity index (χ3v) is 4.35. The first-order chi connectivity index (χ1) is 10.6. The number of benzene rings is 1. The maximum absolute atomic E-state index is 11.9. The topological polar surface area (TPSA) is 84.2 Å². The quantitative estimate of drug-likeness (QED) is 0.680. The number of nitrogens with two attached hydrogens (primary N) is 1. The van der Waals surface area contributed by atoms with Crippen LogP contribution in [0.25, 0.3) is 0 Å². The second-order valence-corrected chi connectivity index (χ2v) is 6.05. The van der Waals surface area contributed by atoms with E-state index in [1.54, 1.807) is 24.3 Å². The maximum atomic E-state index is 11.9. The van der Waals surface area contributed by atoms with E-state index in [9.17, 15) is 9.59 Å². The average Bonchev–Trinajstić information content (AvgIpc) is 2.89. The molecule has 7 heteroatoms. The molecule has 1 aliphatic rings. The molecule has 0 radical (unpaired) electrons. The summed E-state index contributed by atoms with van der Waals surface area (Å²) < 4.78 is 0. The van der Waals surface area contributed by atoms with Crippen LogP contribution in [0.15, 0.2) is 24.3 Å². The van der Waals surface area contributed by atoms with E-state index in [4.69, 9.17) is 17.3 Å². The molecule has 1 saturated carbocycles. The maximum Gasteiger partial charge on any atom is 0.252 e. The van der Waals surface area contributed by atoms with Crippen LogP contribution >= 0.6 is 24.0 Å². The predicted molar refractivity (Wildman–Crippen MR) is 94.0 cm³/mol. The number of amides is 2.